The van der Waals surface area contributed by atoms with Crippen LogP contribution in [0.25, 0.3) is 0 Å². The standard InChI is InChI=1S/C20H25ClN2O3/c1-13(2)26-18-8-6-5-7-16(18)22-10-9-20(24)23-17-11-14(3)15(21)12-19(17)25-4/h5-8,11-13,22H,9-10H2,1-4H3,(H,23,24). The van der Waals surface area contributed by atoms with Crippen LogP contribution in [0.3, 0.4) is 0 Å². The van der Waals surface area contributed by atoms with E-state index >= 15 is 0 Å². The maximum atomic E-state index is 12.3. The third-order valence-electron chi connectivity index (χ3n) is 3.67. The van der Waals surface area contributed by atoms with Gasteiger partial charge in [0.25, 0.3) is 0 Å². The monoisotopic (exact) mass is 376 g/mol. The second kappa shape index (κ2) is 9.34. The number of anilines is 2. The van der Waals surface area contributed by atoms with Gasteiger partial charge < -0.3 is 20.1 Å². The summed E-state index contributed by atoms with van der Waals surface area (Å²) in [6, 6.07) is 11.2. The molecule has 0 fully saturated rings. The first-order chi connectivity index (χ1) is 12.4. The van der Waals surface area contributed by atoms with Gasteiger partial charge in [0.05, 0.1) is 24.6 Å². The van der Waals surface area contributed by atoms with Crippen LogP contribution in [-0.2, 0) is 4.79 Å². The molecule has 1 amide bonds. The lowest BCUT2D eigenvalue weighted by molar-refractivity contribution is -0.116. The van der Waals surface area contributed by atoms with Gasteiger partial charge in [0.1, 0.15) is 11.5 Å². The summed E-state index contributed by atoms with van der Waals surface area (Å²) >= 11 is 6.09. The van der Waals surface area contributed by atoms with Crippen molar-refractivity contribution in [1.82, 2.24) is 0 Å². The molecule has 0 aromatic heterocycles. The Morgan fingerprint density at radius 1 is 1.15 bits per heavy atom. The fourth-order valence-corrected chi connectivity index (χ4v) is 2.58. The van der Waals surface area contributed by atoms with Crippen molar-refractivity contribution >= 4 is 28.9 Å². The highest BCUT2D eigenvalue weighted by molar-refractivity contribution is 6.31. The van der Waals surface area contributed by atoms with Crippen LogP contribution in [0.15, 0.2) is 36.4 Å². The summed E-state index contributed by atoms with van der Waals surface area (Å²) in [5, 5.41) is 6.72. The molecule has 0 aliphatic heterocycles. The lowest BCUT2D eigenvalue weighted by atomic mass is 10.2. The molecule has 0 atom stereocenters. The fraction of sp³-hybridized carbons (Fsp3) is 0.350. The summed E-state index contributed by atoms with van der Waals surface area (Å²) in [4.78, 5) is 12.3. The number of ether oxygens (including phenoxy) is 2. The maximum Gasteiger partial charge on any atom is 0.226 e. The molecule has 140 valence electrons. The largest absolute Gasteiger partial charge is 0.495 e. The van der Waals surface area contributed by atoms with E-state index in [0.29, 0.717) is 29.4 Å². The smallest absolute Gasteiger partial charge is 0.226 e. The van der Waals surface area contributed by atoms with Gasteiger partial charge >= 0.3 is 0 Å². The molecule has 0 radical (unpaired) electrons. The number of carbonyl (C=O) groups is 1. The zero-order valence-corrected chi connectivity index (χ0v) is 16.3. The molecule has 26 heavy (non-hydrogen) atoms. The van der Waals surface area contributed by atoms with Crippen molar-refractivity contribution in [2.24, 2.45) is 0 Å². The lowest BCUT2D eigenvalue weighted by Crippen LogP contribution is -2.17. The molecule has 0 heterocycles. The summed E-state index contributed by atoms with van der Waals surface area (Å²) in [6.45, 7) is 6.32. The highest BCUT2D eigenvalue weighted by atomic mass is 35.5. The Bertz CT molecular complexity index is 763. The Kier molecular flexibility index (Phi) is 7.16. The summed E-state index contributed by atoms with van der Waals surface area (Å²) in [5.74, 6) is 1.20. The van der Waals surface area contributed by atoms with Crippen molar-refractivity contribution in [3.8, 4) is 11.5 Å². The lowest BCUT2D eigenvalue weighted by Gasteiger charge is -2.16. The van der Waals surface area contributed by atoms with Crippen LogP contribution in [-0.4, -0.2) is 25.7 Å². The molecule has 0 saturated heterocycles. The van der Waals surface area contributed by atoms with Crippen LogP contribution in [0.2, 0.25) is 5.02 Å². The number of methoxy groups -OCH3 is 1. The molecule has 2 N–H and O–H groups in total. The molecule has 2 aromatic rings. The SMILES string of the molecule is COc1cc(Cl)c(C)cc1NC(=O)CCNc1ccccc1OC(C)C. The van der Waals surface area contributed by atoms with E-state index in [1.54, 1.807) is 19.2 Å². The number of hydrogen-bond acceptors (Lipinski definition) is 4. The highest BCUT2D eigenvalue weighted by Crippen LogP contribution is 2.31. The Morgan fingerprint density at radius 3 is 2.58 bits per heavy atom. The third-order valence-corrected chi connectivity index (χ3v) is 4.08. The first kappa shape index (κ1) is 19.9. The summed E-state index contributed by atoms with van der Waals surface area (Å²) < 4.78 is 11.0. The van der Waals surface area contributed by atoms with Gasteiger partial charge in [-0.05, 0) is 44.5 Å². The van der Waals surface area contributed by atoms with E-state index in [1.807, 2.05) is 45.0 Å². The van der Waals surface area contributed by atoms with E-state index in [4.69, 9.17) is 21.1 Å². The first-order valence-electron chi connectivity index (χ1n) is 8.54. The van der Waals surface area contributed by atoms with Gasteiger partial charge in [-0.2, -0.15) is 0 Å². The Morgan fingerprint density at radius 2 is 1.88 bits per heavy atom. The van der Waals surface area contributed by atoms with Crippen LogP contribution in [0.5, 0.6) is 11.5 Å². The average molecular weight is 377 g/mol. The van der Waals surface area contributed by atoms with E-state index < -0.39 is 0 Å². The second-order valence-electron chi connectivity index (χ2n) is 6.19. The van der Waals surface area contributed by atoms with E-state index in [9.17, 15) is 4.79 Å². The van der Waals surface area contributed by atoms with Gasteiger partial charge in [0, 0.05) is 24.1 Å². The van der Waals surface area contributed by atoms with E-state index in [0.717, 1.165) is 17.0 Å². The van der Waals surface area contributed by atoms with E-state index in [2.05, 4.69) is 10.6 Å². The van der Waals surface area contributed by atoms with E-state index in [-0.39, 0.29) is 12.0 Å². The number of carbonyl (C=O) groups excluding carboxylic acids is 1. The molecule has 0 bridgehead atoms. The molecular formula is C20H25ClN2O3. The minimum absolute atomic E-state index is 0.0851. The third kappa shape index (κ3) is 5.56. The van der Waals surface area contributed by atoms with Crippen molar-refractivity contribution in [3.63, 3.8) is 0 Å². The molecule has 5 nitrogen and oxygen atoms in total. The Balaban J connectivity index is 1.93. The van der Waals surface area contributed by atoms with Gasteiger partial charge in [-0.25, -0.2) is 0 Å². The summed E-state index contributed by atoms with van der Waals surface area (Å²) in [5.41, 5.74) is 2.36. The van der Waals surface area contributed by atoms with Crippen molar-refractivity contribution < 1.29 is 14.3 Å². The number of amides is 1. The van der Waals surface area contributed by atoms with Gasteiger partial charge in [-0.1, -0.05) is 23.7 Å². The zero-order chi connectivity index (χ0) is 19.1. The fourth-order valence-electron chi connectivity index (χ4n) is 2.42. The molecule has 0 aliphatic rings. The number of aryl methyl sites for hydroxylation is 1. The van der Waals surface area contributed by atoms with Crippen molar-refractivity contribution in [2.45, 2.75) is 33.3 Å². The van der Waals surface area contributed by atoms with Crippen molar-refractivity contribution in [3.05, 3.63) is 47.0 Å². The predicted octanol–water partition coefficient (Wildman–Crippen LogP) is 4.88. The minimum atomic E-state index is -0.111. The molecule has 0 spiro atoms. The highest BCUT2D eigenvalue weighted by Gasteiger charge is 2.11. The van der Waals surface area contributed by atoms with Crippen LogP contribution < -0.4 is 20.1 Å². The predicted molar refractivity (Wildman–Crippen MR) is 107 cm³/mol. The molecule has 0 aliphatic carbocycles. The molecule has 0 unspecified atom stereocenters. The van der Waals surface area contributed by atoms with Crippen LogP contribution in [0, 0.1) is 6.92 Å². The zero-order valence-electron chi connectivity index (χ0n) is 15.6. The molecule has 0 saturated carbocycles. The van der Waals surface area contributed by atoms with Gasteiger partial charge in [-0.3, -0.25) is 4.79 Å². The van der Waals surface area contributed by atoms with Crippen molar-refractivity contribution in [1.29, 1.82) is 0 Å². The van der Waals surface area contributed by atoms with Gasteiger partial charge in [0.2, 0.25) is 5.91 Å². The number of rotatable bonds is 8. The van der Waals surface area contributed by atoms with Crippen LogP contribution in [0.4, 0.5) is 11.4 Å². The topological polar surface area (TPSA) is 59.6 Å². The normalized spacial score (nSPS) is 10.5. The second-order valence-corrected chi connectivity index (χ2v) is 6.60. The number of nitrogens with one attached hydrogen (secondary N) is 2. The molecular weight excluding hydrogens is 352 g/mol. The van der Waals surface area contributed by atoms with Gasteiger partial charge in [0.15, 0.2) is 0 Å². The number of benzene rings is 2. The molecule has 6 heteroatoms. The minimum Gasteiger partial charge on any atom is -0.495 e. The molecule has 2 aromatic carbocycles. The van der Waals surface area contributed by atoms with Crippen LogP contribution >= 0.6 is 11.6 Å². The molecule has 2 rings (SSSR count). The number of hydrogen-bond donors (Lipinski definition) is 2. The first-order valence-corrected chi connectivity index (χ1v) is 8.92. The number of para-hydroxylation sites is 2. The number of halogens is 1. The van der Waals surface area contributed by atoms with E-state index in [1.165, 1.54) is 0 Å². The Hall–Kier alpha value is -2.40. The summed E-state index contributed by atoms with van der Waals surface area (Å²) in [6.07, 6.45) is 0.391. The summed E-state index contributed by atoms with van der Waals surface area (Å²) in [7, 11) is 1.55. The average Bonchev–Trinajstić information content (AvgIpc) is 2.59. The Labute approximate surface area is 159 Å². The maximum absolute atomic E-state index is 12.3. The quantitative estimate of drug-likeness (QED) is 0.689. The van der Waals surface area contributed by atoms with Gasteiger partial charge in [-0.15, -0.1) is 0 Å². The van der Waals surface area contributed by atoms with Crippen LogP contribution in [0.1, 0.15) is 25.8 Å². The van der Waals surface area contributed by atoms with Crippen molar-refractivity contribution in [2.75, 3.05) is 24.3 Å².